The number of ether oxygens (including phenoxy) is 2. The summed E-state index contributed by atoms with van der Waals surface area (Å²) >= 11 is 0. The van der Waals surface area contributed by atoms with Crippen LogP contribution < -0.4 is 20.3 Å². The lowest BCUT2D eigenvalue weighted by Crippen LogP contribution is -2.35. The number of amides is 1. The molecule has 0 aliphatic rings. The predicted octanol–water partition coefficient (Wildman–Crippen LogP) is 2.00. The van der Waals surface area contributed by atoms with E-state index in [-0.39, 0.29) is 5.91 Å². The van der Waals surface area contributed by atoms with E-state index >= 15 is 0 Å². The molecule has 6 nitrogen and oxygen atoms in total. The smallest absolute Gasteiger partial charge is 0.269 e. The molecule has 2 aromatic rings. The Bertz CT molecular complexity index is 672. The highest BCUT2D eigenvalue weighted by atomic mass is 16.5. The van der Waals surface area contributed by atoms with Crippen molar-refractivity contribution in [1.82, 2.24) is 15.8 Å². The highest BCUT2D eigenvalue weighted by Gasteiger charge is 2.10. The third-order valence-corrected chi connectivity index (χ3v) is 3.00. The van der Waals surface area contributed by atoms with E-state index < -0.39 is 0 Å². The number of aromatic nitrogens is 1. The van der Waals surface area contributed by atoms with Gasteiger partial charge in [0.05, 0.1) is 19.9 Å². The lowest BCUT2D eigenvalue weighted by atomic mass is 10.1. The van der Waals surface area contributed by atoms with Crippen molar-refractivity contribution >= 4 is 11.6 Å². The van der Waals surface area contributed by atoms with Gasteiger partial charge in [-0.05, 0) is 24.3 Å². The van der Waals surface area contributed by atoms with Gasteiger partial charge < -0.3 is 9.47 Å². The molecular formula is C16H17N3O3. The first-order chi connectivity index (χ1) is 10.7. The van der Waals surface area contributed by atoms with E-state index in [9.17, 15) is 4.79 Å². The van der Waals surface area contributed by atoms with E-state index in [1.807, 2.05) is 0 Å². The van der Waals surface area contributed by atoms with Crippen LogP contribution in [0, 0.1) is 0 Å². The highest BCUT2D eigenvalue weighted by molar-refractivity contribution is 5.94. The first-order valence-corrected chi connectivity index (χ1v) is 6.53. The van der Waals surface area contributed by atoms with Crippen molar-refractivity contribution in [2.24, 2.45) is 0 Å². The Labute approximate surface area is 128 Å². The zero-order chi connectivity index (χ0) is 15.9. The lowest BCUT2D eigenvalue weighted by Gasteiger charge is -2.15. The molecule has 114 valence electrons. The standard InChI is InChI=1S/C16H17N3O3/c1-11(14-5-4-13(21-2)10-15(14)22-3)18-19-16(20)12-6-8-17-9-7-12/h4-10,18H,1H2,2-3H3,(H,19,20). The molecule has 1 aromatic carbocycles. The van der Waals surface area contributed by atoms with E-state index in [1.54, 1.807) is 56.9 Å². The van der Waals surface area contributed by atoms with Gasteiger partial charge in [-0.2, -0.15) is 0 Å². The van der Waals surface area contributed by atoms with Crippen LogP contribution in [0.2, 0.25) is 0 Å². The summed E-state index contributed by atoms with van der Waals surface area (Å²) in [4.78, 5) is 15.8. The van der Waals surface area contributed by atoms with E-state index in [4.69, 9.17) is 9.47 Å². The molecular weight excluding hydrogens is 282 g/mol. The minimum absolute atomic E-state index is 0.281. The molecule has 0 radical (unpaired) electrons. The number of pyridine rings is 1. The van der Waals surface area contributed by atoms with Crippen LogP contribution >= 0.6 is 0 Å². The van der Waals surface area contributed by atoms with Gasteiger partial charge in [-0.1, -0.05) is 6.58 Å². The zero-order valence-corrected chi connectivity index (χ0v) is 12.4. The number of nitrogens with one attached hydrogen (secondary N) is 2. The van der Waals surface area contributed by atoms with Crippen LogP contribution in [0.3, 0.4) is 0 Å². The van der Waals surface area contributed by atoms with Crippen LogP contribution in [0.5, 0.6) is 11.5 Å². The summed E-state index contributed by atoms with van der Waals surface area (Å²) < 4.78 is 10.4. The monoisotopic (exact) mass is 299 g/mol. The molecule has 0 unspecified atom stereocenters. The summed E-state index contributed by atoms with van der Waals surface area (Å²) in [5, 5.41) is 0. The third kappa shape index (κ3) is 3.54. The Balaban J connectivity index is 2.05. The van der Waals surface area contributed by atoms with E-state index in [2.05, 4.69) is 22.4 Å². The predicted molar refractivity (Wildman–Crippen MR) is 83.4 cm³/mol. The first kappa shape index (κ1) is 15.4. The number of hydrazine groups is 1. The first-order valence-electron chi connectivity index (χ1n) is 6.53. The maximum atomic E-state index is 11.9. The summed E-state index contributed by atoms with van der Waals surface area (Å²) in [6.07, 6.45) is 3.10. The Hall–Kier alpha value is -3.02. The topological polar surface area (TPSA) is 72.5 Å². The minimum Gasteiger partial charge on any atom is -0.497 e. The van der Waals surface area contributed by atoms with Gasteiger partial charge in [0, 0.05) is 29.6 Å². The van der Waals surface area contributed by atoms with Gasteiger partial charge in [-0.15, -0.1) is 0 Å². The van der Waals surface area contributed by atoms with Crippen molar-refractivity contribution in [3.05, 3.63) is 60.4 Å². The maximum absolute atomic E-state index is 11.9. The van der Waals surface area contributed by atoms with Gasteiger partial charge in [0.25, 0.3) is 5.91 Å². The molecule has 0 bridgehead atoms. The van der Waals surface area contributed by atoms with Crippen molar-refractivity contribution in [3.63, 3.8) is 0 Å². The van der Waals surface area contributed by atoms with Crippen LogP contribution in [0.4, 0.5) is 0 Å². The summed E-state index contributed by atoms with van der Waals surface area (Å²) in [6, 6.07) is 8.56. The SMILES string of the molecule is C=C(NNC(=O)c1ccncc1)c1ccc(OC)cc1OC. The number of methoxy groups -OCH3 is 2. The molecule has 0 fully saturated rings. The largest absolute Gasteiger partial charge is 0.497 e. The van der Waals surface area contributed by atoms with Gasteiger partial charge in [0.2, 0.25) is 0 Å². The summed E-state index contributed by atoms with van der Waals surface area (Å²) in [5.41, 5.74) is 7.07. The van der Waals surface area contributed by atoms with E-state index in [0.29, 0.717) is 22.8 Å². The average molecular weight is 299 g/mol. The van der Waals surface area contributed by atoms with Gasteiger partial charge in [-0.3, -0.25) is 20.6 Å². The summed E-state index contributed by atoms with van der Waals surface area (Å²) in [6.45, 7) is 3.90. The Kier molecular flexibility index (Phi) is 4.98. The Morgan fingerprint density at radius 2 is 1.82 bits per heavy atom. The van der Waals surface area contributed by atoms with Gasteiger partial charge >= 0.3 is 0 Å². The Morgan fingerprint density at radius 3 is 2.45 bits per heavy atom. The van der Waals surface area contributed by atoms with Crippen molar-refractivity contribution in [3.8, 4) is 11.5 Å². The summed E-state index contributed by atoms with van der Waals surface area (Å²) in [7, 11) is 3.14. The highest BCUT2D eigenvalue weighted by Crippen LogP contribution is 2.27. The molecule has 0 aliphatic heterocycles. The van der Waals surface area contributed by atoms with Crippen LogP contribution in [-0.4, -0.2) is 25.1 Å². The second-order valence-electron chi connectivity index (χ2n) is 4.36. The molecule has 1 heterocycles. The van der Waals surface area contributed by atoms with Gasteiger partial charge in [0.1, 0.15) is 11.5 Å². The second-order valence-corrected chi connectivity index (χ2v) is 4.36. The molecule has 0 aliphatic carbocycles. The van der Waals surface area contributed by atoms with Crippen molar-refractivity contribution in [2.45, 2.75) is 0 Å². The Morgan fingerprint density at radius 1 is 1.09 bits per heavy atom. The normalized spacial score (nSPS) is 9.73. The third-order valence-electron chi connectivity index (χ3n) is 3.00. The van der Waals surface area contributed by atoms with Crippen molar-refractivity contribution in [2.75, 3.05) is 14.2 Å². The number of hydrogen-bond donors (Lipinski definition) is 2. The molecule has 0 saturated carbocycles. The van der Waals surface area contributed by atoms with Crippen molar-refractivity contribution in [1.29, 1.82) is 0 Å². The lowest BCUT2D eigenvalue weighted by molar-refractivity contribution is 0.0942. The fourth-order valence-corrected chi connectivity index (χ4v) is 1.82. The minimum atomic E-state index is -0.281. The molecule has 0 spiro atoms. The molecule has 0 atom stereocenters. The fourth-order valence-electron chi connectivity index (χ4n) is 1.82. The zero-order valence-electron chi connectivity index (χ0n) is 12.4. The van der Waals surface area contributed by atoms with E-state index in [0.717, 1.165) is 5.56 Å². The fraction of sp³-hybridized carbons (Fsp3) is 0.125. The molecule has 6 heteroatoms. The molecule has 1 aromatic heterocycles. The van der Waals surface area contributed by atoms with Crippen LogP contribution in [0.15, 0.2) is 49.3 Å². The number of carbonyl (C=O) groups excluding carboxylic acids is 1. The van der Waals surface area contributed by atoms with Gasteiger partial charge in [0.15, 0.2) is 0 Å². The number of nitrogens with zero attached hydrogens (tertiary/aromatic N) is 1. The summed E-state index contributed by atoms with van der Waals surface area (Å²) in [5.74, 6) is 0.986. The molecule has 1 amide bonds. The van der Waals surface area contributed by atoms with E-state index in [1.165, 1.54) is 0 Å². The molecule has 22 heavy (non-hydrogen) atoms. The number of rotatable bonds is 6. The molecule has 2 N–H and O–H groups in total. The quantitative estimate of drug-likeness (QED) is 0.798. The second kappa shape index (κ2) is 7.12. The molecule has 0 saturated heterocycles. The average Bonchev–Trinajstić information content (AvgIpc) is 2.59. The van der Waals surface area contributed by atoms with Crippen LogP contribution in [-0.2, 0) is 0 Å². The number of carbonyl (C=O) groups is 1. The van der Waals surface area contributed by atoms with Crippen LogP contribution in [0.25, 0.3) is 5.70 Å². The number of benzene rings is 1. The van der Waals surface area contributed by atoms with Crippen LogP contribution in [0.1, 0.15) is 15.9 Å². The maximum Gasteiger partial charge on any atom is 0.269 e. The van der Waals surface area contributed by atoms with Crippen molar-refractivity contribution < 1.29 is 14.3 Å². The molecule has 2 rings (SSSR count). The number of hydrogen-bond acceptors (Lipinski definition) is 5. The van der Waals surface area contributed by atoms with Gasteiger partial charge in [-0.25, -0.2) is 0 Å².